The molecule has 1 aromatic heterocycles. The van der Waals surface area contributed by atoms with E-state index >= 15 is 0 Å². The number of amides is 9. The quantitative estimate of drug-likeness (QED) is 0.0386. The number of aliphatic hydroxyl groups excluding tert-OH is 1. The zero-order valence-corrected chi connectivity index (χ0v) is 43.4. The molecule has 12 N–H and O–H groups in total. The average Bonchev–Trinajstić information content (AvgIpc) is 4.19. The molecule has 0 bridgehead atoms. The van der Waals surface area contributed by atoms with E-state index in [1.54, 1.807) is 30.3 Å². The van der Waals surface area contributed by atoms with Crippen molar-refractivity contribution in [2.24, 2.45) is 11.7 Å². The summed E-state index contributed by atoms with van der Waals surface area (Å²) in [6, 6.07) is -0.577. The average molecular weight is 1060 g/mol. The molecule has 9 amide bonds. The first-order valence-corrected chi connectivity index (χ1v) is 26.5. The molecule has 2 saturated heterocycles. The largest absolute Gasteiger partial charge is 0.480 e. The summed E-state index contributed by atoms with van der Waals surface area (Å²) < 4.78 is 0. The number of unbranched alkanes of at least 4 members (excludes halogenated alkanes) is 1. The number of aromatic nitrogens is 2. The number of aromatic amines is 1. The van der Waals surface area contributed by atoms with Crippen LogP contribution >= 0.6 is 11.8 Å². The van der Waals surface area contributed by atoms with Gasteiger partial charge in [0.1, 0.15) is 48.3 Å². The van der Waals surface area contributed by atoms with E-state index in [9.17, 15) is 58.2 Å². The Morgan fingerprint density at radius 2 is 1.35 bits per heavy atom. The predicted molar refractivity (Wildman–Crippen MR) is 272 cm³/mol. The molecule has 0 unspecified atom stereocenters. The molecule has 408 valence electrons. The number of aliphatic carboxylic acids is 1. The molecular weight excluding hydrogens is 981 g/mol. The fourth-order valence-corrected chi connectivity index (χ4v) is 9.33. The fourth-order valence-electron chi connectivity index (χ4n) is 8.85. The number of hydrogen-bond acceptors (Lipinski definition) is 14. The number of carboxylic acids is 1. The lowest BCUT2D eigenvalue weighted by Gasteiger charge is -2.31. The monoisotopic (exact) mass is 1050 g/mol. The van der Waals surface area contributed by atoms with Gasteiger partial charge in [-0.25, -0.2) is 9.78 Å². The Labute approximate surface area is 435 Å². The predicted octanol–water partition coefficient (Wildman–Crippen LogP) is -1.77. The number of nitrogens with two attached hydrogens (primary N) is 1. The van der Waals surface area contributed by atoms with Gasteiger partial charge in [0, 0.05) is 44.7 Å². The number of hydrogen-bond donors (Lipinski definition) is 11. The van der Waals surface area contributed by atoms with Crippen molar-refractivity contribution in [3.05, 3.63) is 54.1 Å². The maximum atomic E-state index is 14.2. The topological polar surface area (TPSA) is 357 Å². The van der Waals surface area contributed by atoms with E-state index < -0.39 is 121 Å². The summed E-state index contributed by atoms with van der Waals surface area (Å²) in [4.78, 5) is 144. The molecule has 3 heterocycles. The number of benzene rings is 1. The summed E-state index contributed by atoms with van der Waals surface area (Å²) in [5, 5.41) is 38.2. The fraction of sp³-hybridized carbons (Fsp3) is 0.612. The molecule has 8 atom stereocenters. The highest BCUT2D eigenvalue weighted by atomic mass is 32.2. The van der Waals surface area contributed by atoms with Crippen LogP contribution in [0.5, 0.6) is 0 Å². The van der Waals surface area contributed by atoms with Crippen LogP contribution < -0.4 is 43.0 Å². The molecule has 2 aliphatic heterocycles. The molecule has 74 heavy (non-hydrogen) atoms. The third kappa shape index (κ3) is 18.7. The van der Waals surface area contributed by atoms with Gasteiger partial charge in [-0.2, -0.15) is 11.8 Å². The lowest BCUT2D eigenvalue weighted by Crippen LogP contribution is -2.60. The van der Waals surface area contributed by atoms with E-state index in [0.29, 0.717) is 49.1 Å². The van der Waals surface area contributed by atoms with Gasteiger partial charge in [0.15, 0.2) is 0 Å². The maximum Gasteiger partial charge on any atom is 0.326 e. The number of carboxylic acid groups (broad SMARTS) is 1. The summed E-state index contributed by atoms with van der Waals surface area (Å²) in [7, 11) is 0. The minimum Gasteiger partial charge on any atom is -0.480 e. The van der Waals surface area contributed by atoms with Crippen molar-refractivity contribution < 1.29 is 58.2 Å². The van der Waals surface area contributed by atoms with Crippen molar-refractivity contribution >= 4 is 70.9 Å². The Bertz CT molecular complexity index is 2220. The van der Waals surface area contributed by atoms with Crippen LogP contribution in [0.15, 0.2) is 42.9 Å². The highest BCUT2D eigenvalue weighted by molar-refractivity contribution is 7.98. The van der Waals surface area contributed by atoms with Gasteiger partial charge < -0.3 is 67.9 Å². The molecule has 24 nitrogen and oxygen atoms in total. The number of rotatable bonds is 30. The SMILES string of the molecule is CSCC[C@H](NC(=O)[C@@H]1CCCN1C(=O)CNC(=O)[C@H](CCCCN)NC(=O)[C@H](Cc1cnc[nH]1)NC(=O)[C@H](CO)NC(=O)[C@H](CC(C)C)NC(C)=O)C(=O)N1CCC[C@H]1C(=O)N[C@@H](Cc1ccccc1)C(=O)O. The van der Waals surface area contributed by atoms with Crippen molar-refractivity contribution in [3.63, 3.8) is 0 Å². The molecule has 0 radical (unpaired) electrons. The second kappa shape index (κ2) is 30.6. The molecular formula is C49H74N12O12S. The van der Waals surface area contributed by atoms with E-state index in [1.165, 1.54) is 41.0 Å². The van der Waals surface area contributed by atoms with Gasteiger partial charge in [-0.15, -0.1) is 0 Å². The normalized spacial score (nSPS) is 17.7. The summed E-state index contributed by atoms with van der Waals surface area (Å²) in [5.41, 5.74) is 6.86. The van der Waals surface area contributed by atoms with Gasteiger partial charge in [0.05, 0.1) is 19.5 Å². The molecule has 0 saturated carbocycles. The van der Waals surface area contributed by atoms with E-state index in [2.05, 4.69) is 47.2 Å². The Morgan fingerprint density at radius 1 is 0.743 bits per heavy atom. The zero-order chi connectivity index (χ0) is 54.3. The lowest BCUT2D eigenvalue weighted by atomic mass is 10.0. The van der Waals surface area contributed by atoms with Gasteiger partial charge in [-0.05, 0) is 87.8 Å². The zero-order valence-electron chi connectivity index (χ0n) is 42.6. The summed E-state index contributed by atoms with van der Waals surface area (Å²) in [5.74, 6) is -6.79. The maximum absolute atomic E-state index is 14.2. The second-order valence-corrected chi connectivity index (χ2v) is 19.9. The van der Waals surface area contributed by atoms with Gasteiger partial charge >= 0.3 is 5.97 Å². The van der Waals surface area contributed by atoms with Crippen LogP contribution in [-0.4, -0.2) is 182 Å². The van der Waals surface area contributed by atoms with Crippen molar-refractivity contribution in [2.75, 3.05) is 44.8 Å². The number of imidazole rings is 1. The highest BCUT2D eigenvalue weighted by Crippen LogP contribution is 2.22. The smallest absolute Gasteiger partial charge is 0.326 e. The Morgan fingerprint density at radius 3 is 1.95 bits per heavy atom. The summed E-state index contributed by atoms with van der Waals surface area (Å²) in [6.45, 7) is 4.17. The molecule has 2 aromatic rings. The van der Waals surface area contributed by atoms with E-state index in [0.717, 1.165) is 0 Å². The number of H-pyrrole nitrogens is 1. The van der Waals surface area contributed by atoms with Crippen LogP contribution in [-0.2, 0) is 60.8 Å². The van der Waals surface area contributed by atoms with Crippen molar-refractivity contribution in [1.82, 2.24) is 57.0 Å². The molecule has 4 rings (SSSR count). The number of nitrogens with one attached hydrogen (secondary N) is 8. The first-order chi connectivity index (χ1) is 35.4. The molecule has 0 aliphatic carbocycles. The number of nitrogens with zero attached hydrogens (tertiary/aromatic N) is 3. The van der Waals surface area contributed by atoms with E-state index in [1.807, 2.05) is 20.1 Å². The van der Waals surface area contributed by atoms with Crippen molar-refractivity contribution in [2.45, 2.75) is 140 Å². The number of thioether (sulfide) groups is 1. The standard InChI is InChI=1S/C49H74N12O12S/c1-29(2)22-35(54-30(3)63)43(66)59-38(27-62)45(68)57-36(24-32-25-51-28-53-32)44(67)55-33(14-8-9-18-50)42(65)52-26-41(64)60-19-10-15-39(60)46(69)56-34(17-21-74-4)48(71)61-20-11-16-40(61)47(70)58-37(49(72)73)23-31-12-6-5-7-13-31/h5-7,12-13,25,28-29,33-40,62H,8-11,14-24,26-27,50H2,1-4H3,(H,51,53)(H,52,65)(H,54,63)(H,55,67)(H,56,69)(H,57,68)(H,58,70)(H,59,66)(H,72,73)/t33-,34-,35-,36-,37-,38-,39-,40-/m0/s1. The molecule has 1 aromatic carbocycles. The number of aliphatic hydroxyl groups is 1. The number of likely N-dealkylation sites (tertiary alicyclic amines) is 2. The van der Waals surface area contributed by atoms with Crippen LogP contribution in [0.25, 0.3) is 0 Å². The lowest BCUT2D eigenvalue weighted by molar-refractivity contribution is -0.145. The van der Waals surface area contributed by atoms with Gasteiger partial charge in [-0.3, -0.25) is 43.2 Å². The first-order valence-electron chi connectivity index (χ1n) is 25.1. The van der Waals surface area contributed by atoms with Crippen LogP contribution in [0.1, 0.15) is 89.8 Å². The minimum absolute atomic E-state index is 0.0149. The Hall–Kier alpha value is -6.60. The molecule has 0 spiro atoms. The van der Waals surface area contributed by atoms with Crippen LogP contribution in [0.3, 0.4) is 0 Å². The third-order valence-corrected chi connectivity index (χ3v) is 13.3. The van der Waals surface area contributed by atoms with Crippen LogP contribution in [0.2, 0.25) is 0 Å². The minimum atomic E-state index is -1.53. The second-order valence-electron chi connectivity index (χ2n) is 18.9. The van der Waals surface area contributed by atoms with Crippen LogP contribution in [0.4, 0.5) is 0 Å². The highest BCUT2D eigenvalue weighted by Gasteiger charge is 2.41. The van der Waals surface area contributed by atoms with Crippen LogP contribution in [0, 0.1) is 5.92 Å². The van der Waals surface area contributed by atoms with E-state index in [4.69, 9.17) is 5.73 Å². The van der Waals surface area contributed by atoms with Gasteiger partial charge in [0.2, 0.25) is 53.2 Å². The first kappa shape index (κ1) is 60.0. The molecule has 2 fully saturated rings. The Balaban J connectivity index is 1.42. The van der Waals surface area contributed by atoms with E-state index in [-0.39, 0.29) is 64.1 Å². The van der Waals surface area contributed by atoms with Crippen molar-refractivity contribution in [1.29, 1.82) is 0 Å². The summed E-state index contributed by atoms with van der Waals surface area (Å²) in [6.07, 6.45) is 7.38. The van der Waals surface area contributed by atoms with Crippen molar-refractivity contribution in [3.8, 4) is 0 Å². The molecule has 25 heteroatoms. The summed E-state index contributed by atoms with van der Waals surface area (Å²) >= 11 is 1.45. The molecule has 2 aliphatic rings. The third-order valence-electron chi connectivity index (χ3n) is 12.7. The van der Waals surface area contributed by atoms with Gasteiger partial charge in [0.25, 0.3) is 0 Å². The van der Waals surface area contributed by atoms with Gasteiger partial charge in [-0.1, -0.05) is 44.2 Å². The number of carbonyl (C=O) groups excluding carboxylic acids is 9. The Kier molecular flexibility index (Phi) is 24.8. The number of carbonyl (C=O) groups is 10.